The van der Waals surface area contributed by atoms with Gasteiger partial charge in [0.25, 0.3) is 0 Å². The number of alkyl halides is 3. The van der Waals surface area contributed by atoms with Gasteiger partial charge in [0.05, 0.1) is 0 Å². The van der Waals surface area contributed by atoms with Gasteiger partial charge in [0.15, 0.2) is 0 Å². The van der Waals surface area contributed by atoms with Gasteiger partial charge in [0, 0.05) is 32.2 Å². The summed E-state index contributed by atoms with van der Waals surface area (Å²) in [5.74, 6) is 0. The SMILES string of the molecule is CC1(C)CCC(N2CCN(c3nnc(C(F)(F)F)s3)CC2)C1. The van der Waals surface area contributed by atoms with E-state index in [0.29, 0.717) is 27.9 Å². The van der Waals surface area contributed by atoms with Crippen LogP contribution in [-0.4, -0.2) is 47.3 Å². The van der Waals surface area contributed by atoms with Crippen molar-refractivity contribution in [3.63, 3.8) is 0 Å². The standard InChI is InChI=1S/C14H21F3N4S/c1-13(2)4-3-10(9-13)20-5-7-21(8-6-20)12-19-18-11(22-12)14(15,16)17/h10H,3-9H2,1-2H3. The average molecular weight is 334 g/mol. The second-order valence-corrected chi connectivity index (χ2v) is 7.93. The lowest BCUT2D eigenvalue weighted by atomic mass is 9.91. The zero-order valence-electron chi connectivity index (χ0n) is 12.9. The molecule has 0 N–H and O–H groups in total. The summed E-state index contributed by atoms with van der Waals surface area (Å²) in [6.07, 6.45) is -0.704. The molecule has 2 aliphatic rings. The van der Waals surface area contributed by atoms with Crippen LogP contribution in [0.25, 0.3) is 0 Å². The molecular weight excluding hydrogens is 313 g/mol. The van der Waals surface area contributed by atoms with Crippen molar-refractivity contribution >= 4 is 16.5 Å². The molecule has 1 aromatic heterocycles. The first kappa shape index (κ1) is 16.0. The minimum absolute atomic E-state index is 0.388. The molecule has 8 heteroatoms. The molecule has 3 rings (SSSR count). The summed E-state index contributed by atoms with van der Waals surface area (Å²) in [4.78, 5) is 4.40. The van der Waals surface area contributed by atoms with Crippen LogP contribution in [-0.2, 0) is 6.18 Å². The minimum Gasteiger partial charge on any atom is -0.344 e. The third kappa shape index (κ3) is 3.37. The number of hydrogen-bond donors (Lipinski definition) is 0. The highest BCUT2D eigenvalue weighted by Crippen LogP contribution is 2.40. The summed E-state index contributed by atoms with van der Waals surface area (Å²) in [5, 5.41) is 6.50. The molecule has 0 spiro atoms. The van der Waals surface area contributed by atoms with E-state index < -0.39 is 11.2 Å². The van der Waals surface area contributed by atoms with Gasteiger partial charge in [-0.25, -0.2) is 0 Å². The van der Waals surface area contributed by atoms with Crippen LogP contribution in [0.3, 0.4) is 0 Å². The molecule has 1 aliphatic heterocycles. The molecule has 1 unspecified atom stereocenters. The van der Waals surface area contributed by atoms with E-state index in [1.165, 1.54) is 19.3 Å². The smallest absolute Gasteiger partial charge is 0.344 e. The van der Waals surface area contributed by atoms with Crippen molar-refractivity contribution in [1.29, 1.82) is 0 Å². The Balaban J connectivity index is 1.57. The lowest BCUT2D eigenvalue weighted by molar-refractivity contribution is -0.138. The first-order valence-corrected chi connectivity index (χ1v) is 8.46. The van der Waals surface area contributed by atoms with Gasteiger partial charge in [0.2, 0.25) is 10.1 Å². The van der Waals surface area contributed by atoms with E-state index in [1.54, 1.807) is 0 Å². The van der Waals surface area contributed by atoms with Gasteiger partial charge in [0.1, 0.15) is 0 Å². The molecule has 2 fully saturated rings. The van der Waals surface area contributed by atoms with Crippen LogP contribution in [0.4, 0.5) is 18.3 Å². The van der Waals surface area contributed by atoms with Gasteiger partial charge in [-0.3, -0.25) is 4.90 Å². The third-order valence-electron chi connectivity index (χ3n) is 4.70. The molecule has 2 heterocycles. The Labute approximate surface area is 132 Å². The van der Waals surface area contributed by atoms with Crippen LogP contribution in [0.1, 0.15) is 38.1 Å². The number of anilines is 1. The van der Waals surface area contributed by atoms with E-state index in [9.17, 15) is 13.2 Å². The Bertz CT molecular complexity index is 520. The molecule has 1 saturated carbocycles. The highest BCUT2D eigenvalue weighted by molar-refractivity contribution is 7.15. The quantitative estimate of drug-likeness (QED) is 0.831. The Morgan fingerprint density at radius 3 is 2.32 bits per heavy atom. The Kier molecular flexibility index (Phi) is 4.09. The highest BCUT2D eigenvalue weighted by atomic mass is 32.1. The Hall–Kier alpha value is -0.890. The van der Waals surface area contributed by atoms with Crippen LogP contribution in [0.15, 0.2) is 0 Å². The summed E-state index contributed by atoms with van der Waals surface area (Å²) in [5.41, 5.74) is 0.419. The topological polar surface area (TPSA) is 32.3 Å². The molecule has 0 amide bonds. The Morgan fingerprint density at radius 2 is 1.82 bits per heavy atom. The molecule has 1 aliphatic carbocycles. The lowest BCUT2D eigenvalue weighted by Crippen LogP contribution is -2.50. The zero-order chi connectivity index (χ0) is 16.0. The normalized spacial score (nSPS) is 26.6. The van der Waals surface area contributed by atoms with E-state index in [1.807, 2.05) is 4.90 Å². The second kappa shape index (κ2) is 5.63. The van der Waals surface area contributed by atoms with Gasteiger partial charge in [-0.1, -0.05) is 25.2 Å². The van der Waals surface area contributed by atoms with Gasteiger partial charge in [-0.15, -0.1) is 10.2 Å². The molecule has 4 nitrogen and oxygen atoms in total. The molecule has 22 heavy (non-hydrogen) atoms. The monoisotopic (exact) mass is 334 g/mol. The van der Waals surface area contributed by atoms with Gasteiger partial charge in [-0.05, 0) is 24.7 Å². The van der Waals surface area contributed by atoms with Gasteiger partial charge >= 0.3 is 6.18 Å². The zero-order valence-corrected chi connectivity index (χ0v) is 13.7. The fourth-order valence-electron chi connectivity index (χ4n) is 3.45. The molecule has 0 bridgehead atoms. The van der Waals surface area contributed by atoms with Crippen molar-refractivity contribution in [2.45, 2.75) is 45.3 Å². The molecule has 0 aromatic carbocycles. The number of aromatic nitrogens is 2. The molecule has 1 atom stereocenters. The summed E-state index contributed by atoms with van der Waals surface area (Å²) < 4.78 is 37.8. The second-order valence-electron chi connectivity index (χ2n) is 6.97. The summed E-state index contributed by atoms with van der Waals surface area (Å²) in [6.45, 7) is 7.85. The van der Waals surface area contributed by atoms with Crippen molar-refractivity contribution in [1.82, 2.24) is 15.1 Å². The maximum absolute atomic E-state index is 12.6. The summed E-state index contributed by atoms with van der Waals surface area (Å²) in [6, 6.07) is 0.623. The maximum Gasteiger partial charge on any atom is 0.445 e. The van der Waals surface area contributed by atoms with Crippen LogP contribution < -0.4 is 4.90 Å². The Morgan fingerprint density at radius 1 is 1.14 bits per heavy atom. The van der Waals surface area contributed by atoms with Crippen molar-refractivity contribution < 1.29 is 13.2 Å². The maximum atomic E-state index is 12.6. The van der Waals surface area contributed by atoms with E-state index in [4.69, 9.17) is 0 Å². The van der Waals surface area contributed by atoms with Gasteiger partial charge < -0.3 is 4.90 Å². The van der Waals surface area contributed by atoms with Crippen LogP contribution in [0, 0.1) is 5.41 Å². The number of hydrogen-bond acceptors (Lipinski definition) is 5. The molecule has 1 saturated heterocycles. The fraction of sp³-hybridized carbons (Fsp3) is 0.857. The predicted octanol–water partition coefficient (Wildman–Crippen LogP) is 3.26. The van der Waals surface area contributed by atoms with Crippen molar-refractivity contribution in [2.75, 3.05) is 31.1 Å². The van der Waals surface area contributed by atoms with Crippen molar-refractivity contribution in [3.8, 4) is 0 Å². The van der Waals surface area contributed by atoms with Crippen molar-refractivity contribution in [3.05, 3.63) is 5.01 Å². The summed E-state index contributed by atoms with van der Waals surface area (Å²) >= 11 is 0.640. The van der Waals surface area contributed by atoms with Crippen LogP contribution in [0.5, 0.6) is 0 Å². The molecular formula is C14H21F3N4S. The number of halogens is 3. The first-order chi connectivity index (χ1) is 10.2. The highest BCUT2D eigenvalue weighted by Gasteiger charge is 2.38. The third-order valence-corrected chi connectivity index (χ3v) is 5.73. The lowest BCUT2D eigenvalue weighted by Gasteiger charge is -2.38. The number of rotatable bonds is 2. The number of nitrogens with zero attached hydrogens (tertiary/aromatic N) is 4. The average Bonchev–Trinajstić information content (AvgIpc) is 3.05. The molecule has 124 valence electrons. The number of piperazine rings is 1. The first-order valence-electron chi connectivity index (χ1n) is 7.64. The molecule has 1 aromatic rings. The summed E-state index contributed by atoms with van der Waals surface area (Å²) in [7, 11) is 0. The minimum atomic E-state index is -4.40. The van der Waals surface area contributed by atoms with E-state index >= 15 is 0 Å². The molecule has 0 radical (unpaired) electrons. The van der Waals surface area contributed by atoms with E-state index in [2.05, 4.69) is 28.9 Å². The van der Waals surface area contributed by atoms with E-state index in [0.717, 1.165) is 26.2 Å². The van der Waals surface area contributed by atoms with E-state index in [-0.39, 0.29) is 0 Å². The van der Waals surface area contributed by atoms with Crippen LogP contribution >= 0.6 is 11.3 Å². The fourth-order valence-corrected chi connectivity index (χ4v) is 4.21. The van der Waals surface area contributed by atoms with Crippen LogP contribution in [0.2, 0.25) is 0 Å². The van der Waals surface area contributed by atoms with Gasteiger partial charge in [-0.2, -0.15) is 13.2 Å². The van der Waals surface area contributed by atoms with Crippen molar-refractivity contribution in [2.24, 2.45) is 5.41 Å². The predicted molar refractivity (Wildman–Crippen MR) is 80.1 cm³/mol. The largest absolute Gasteiger partial charge is 0.445 e.